The summed E-state index contributed by atoms with van der Waals surface area (Å²) in [6, 6.07) is 16.3. The summed E-state index contributed by atoms with van der Waals surface area (Å²) in [7, 11) is -3.57. The molecule has 2 aromatic carbocycles. The van der Waals surface area contributed by atoms with Crippen LogP contribution in [0, 0.1) is 0 Å². The topological polar surface area (TPSA) is 59.0 Å². The molecule has 6 heteroatoms. The monoisotopic (exact) mass is 302 g/mol. The molecule has 21 heavy (non-hydrogen) atoms. The van der Waals surface area contributed by atoms with Crippen molar-refractivity contribution in [1.82, 2.24) is 0 Å². The van der Waals surface area contributed by atoms with Crippen molar-refractivity contribution in [2.24, 2.45) is 4.40 Å². The van der Waals surface area contributed by atoms with Gasteiger partial charge in [-0.2, -0.15) is 8.42 Å². The van der Waals surface area contributed by atoms with Gasteiger partial charge in [0.05, 0.1) is 12.2 Å². The maximum Gasteiger partial charge on any atom is 0.285 e. The van der Waals surface area contributed by atoms with E-state index in [2.05, 4.69) is 4.40 Å². The number of sulfonamides is 1. The summed E-state index contributed by atoms with van der Waals surface area (Å²) in [6.07, 6.45) is 1.34. The van der Waals surface area contributed by atoms with Crippen LogP contribution in [0.1, 0.15) is 0 Å². The molecule has 1 aliphatic heterocycles. The molecular weight excluding hydrogens is 288 g/mol. The Labute approximate surface area is 123 Å². The minimum atomic E-state index is -3.57. The molecule has 0 bridgehead atoms. The number of hydrogen-bond donors (Lipinski definition) is 0. The van der Waals surface area contributed by atoms with E-state index in [9.17, 15) is 8.42 Å². The summed E-state index contributed by atoms with van der Waals surface area (Å²) >= 11 is 0. The van der Waals surface area contributed by atoms with Crippen molar-refractivity contribution >= 4 is 22.0 Å². The van der Waals surface area contributed by atoms with Gasteiger partial charge in [0.1, 0.15) is 23.6 Å². The molecule has 5 nitrogen and oxygen atoms in total. The Morgan fingerprint density at radius 2 is 1.71 bits per heavy atom. The minimum Gasteiger partial charge on any atom is -0.492 e. The van der Waals surface area contributed by atoms with Gasteiger partial charge in [0, 0.05) is 0 Å². The highest BCUT2D eigenvalue weighted by atomic mass is 32.2. The maximum atomic E-state index is 11.9. The van der Waals surface area contributed by atoms with E-state index >= 15 is 0 Å². The smallest absolute Gasteiger partial charge is 0.285 e. The van der Waals surface area contributed by atoms with Gasteiger partial charge in [0.15, 0.2) is 0 Å². The molecule has 3 rings (SSSR count). The van der Waals surface area contributed by atoms with Crippen LogP contribution in [0.3, 0.4) is 0 Å². The van der Waals surface area contributed by atoms with E-state index in [-0.39, 0.29) is 4.90 Å². The second kappa shape index (κ2) is 5.57. The highest BCUT2D eigenvalue weighted by Crippen LogP contribution is 2.28. The first-order valence-corrected chi connectivity index (χ1v) is 7.95. The number of rotatable bonds is 4. The highest BCUT2D eigenvalue weighted by molar-refractivity contribution is 7.90. The van der Waals surface area contributed by atoms with Gasteiger partial charge in [-0.1, -0.05) is 30.3 Å². The second-order valence-electron chi connectivity index (χ2n) is 4.52. The average molecular weight is 302 g/mol. The fourth-order valence-electron chi connectivity index (χ4n) is 2.11. The lowest BCUT2D eigenvalue weighted by Crippen LogP contribution is -2.31. The van der Waals surface area contributed by atoms with Crippen LogP contribution in [-0.2, 0) is 10.0 Å². The number of hydrogen-bond acceptors (Lipinski definition) is 4. The Hall–Kier alpha value is -2.34. The zero-order valence-corrected chi connectivity index (χ0v) is 12.0. The van der Waals surface area contributed by atoms with E-state index in [1.165, 1.54) is 6.34 Å². The van der Waals surface area contributed by atoms with Gasteiger partial charge in [0.2, 0.25) is 0 Å². The van der Waals surface area contributed by atoms with E-state index < -0.39 is 10.0 Å². The van der Waals surface area contributed by atoms with Crippen molar-refractivity contribution < 1.29 is 13.2 Å². The third kappa shape index (κ3) is 2.90. The van der Waals surface area contributed by atoms with E-state index in [1.807, 2.05) is 30.3 Å². The van der Waals surface area contributed by atoms with Crippen molar-refractivity contribution in [3.8, 4) is 5.75 Å². The molecule has 2 aromatic rings. The number of anilines is 1. The standard InChI is InChI=1S/C15H14N2O3S/c18-21(19)15-9-5-4-8-14(15)17(12-16-21)10-11-20-13-6-2-1-3-7-13/h1-9,12H,10-11H2. The number of fused-ring (bicyclic) bond motifs is 1. The maximum absolute atomic E-state index is 11.9. The average Bonchev–Trinajstić information content (AvgIpc) is 2.51. The van der Waals surface area contributed by atoms with Gasteiger partial charge in [-0.15, -0.1) is 4.40 Å². The number of benzene rings is 2. The minimum absolute atomic E-state index is 0.229. The number of para-hydroxylation sites is 2. The molecule has 0 spiro atoms. The SMILES string of the molecule is O=S1(=O)N=CN(CCOc2ccccc2)c2ccccc21. The van der Waals surface area contributed by atoms with Gasteiger partial charge in [-0.3, -0.25) is 0 Å². The molecule has 0 saturated carbocycles. The first kappa shape index (κ1) is 13.6. The summed E-state index contributed by atoms with van der Waals surface area (Å²) < 4.78 is 33.0. The predicted molar refractivity (Wildman–Crippen MR) is 81.4 cm³/mol. The molecule has 0 radical (unpaired) electrons. The van der Waals surface area contributed by atoms with Crippen LogP contribution in [0.4, 0.5) is 5.69 Å². The third-order valence-corrected chi connectivity index (χ3v) is 4.39. The van der Waals surface area contributed by atoms with E-state index in [4.69, 9.17) is 4.74 Å². The van der Waals surface area contributed by atoms with Crippen molar-refractivity contribution in [2.75, 3.05) is 18.1 Å². The summed E-state index contributed by atoms with van der Waals surface area (Å²) in [5, 5.41) is 0. The van der Waals surface area contributed by atoms with E-state index in [1.54, 1.807) is 29.2 Å². The molecule has 0 saturated heterocycles. The molecular formula is C15H14N2O3S. The van der Waals surface area contributed by atoms with Gasteiger partial charge >= 0.3 is 0 Å². The summed E-state index contributed by atoms with van der Waals surface area (Å²) in [4.78, 5) is 2.01. The van der Waals surface area contributed by atoms with Crippen LogP contribution in [0.5, 0.6) is 5.75 Å². The van der Waals surface area contributed by atoms with E-state index in [0.717, 1.165) is 5.75 Å². The van der Waals surface area contributed by atoms with Gasteiger partial charge in [-0.05, 0) is 24.3 Å². The lowest BCUT2D eigenvalue weighted by atomic mass is 10.3. The van der Waals surface area contributed by atoms with Crippen LogP contribution < -0.4 is 9.64 Å². The third-order valence-electron chi connectivity index (χ3n) is 3.12. The molecule has 0 atom stereocenters. The van der Waals surface area contributed by atoms with E-state index in [0.29, 0.717) is 18.8 Å². The van der Waals surface area contributed by atoms with Gasteiger partial charge in [0.25, 0.3) is 10.0 Å². The summed E-state index contributed by atoms with van der Waals surface area (Å²) in [5.74, 6) is 0.785. The number of nitrogens with zero attached hydrogens (tertiary/aromatic N) is 2. The van der Waals surface area contributed by atoms with Gasteiger partial charge in [-0.25, -0.2) is 0 Å². The predicted octanol–water partition coefficient (Wildman–Crippen LogP) is 2.30. The Morgan fingerprint density at radius 1 is 1.00 bits per heavy atom. The molecule has 108 valence electrons. The van der Waals surface area contributed by atoms with Crippen LogP contribution in [0.2, 0.25) is 0 Å². The lowest BCUT2D eigenvalue weighted by Gasteiger charge is -2.24. The van der Waals surface area contributed by atoms with Crippen molar-refractivity contribution in [2.45, 2.75) is 4.90 Å². The van der Waals surface area contributed by atoms with Crippen molar-refractivity contribution in [3.05, 3.63) is 54.6 Å². The number of ether oxygens (including phenoxy) is 1. The second-order valence-corrected chi connectivity index (χ2v) is 6.12. The Balaban J connectivity index is 1.72. The van der Waals surface area contributed by atoms with Gasteiger partial charge < -0.3 is 9.64 Å². The molecule has 0 amide bonds. The first-order chi connectivity index (χ1) is 10.2. The fraction of sp³-hybridized carbons (Fsp3) is 0.133. The molecule has 1 heterocycles. The summed E-state index contributed by atoms with van der Waals surface area (Å²) in [5.41, 5.74) is 0.629. The Morgan fingerprint density at radius 3 is 2.52 bits per heavy atom. The molecule has 0 aromatic heterocycles. The van der Waals surface area contributed by atoms with Crippen molar-refractivity contribution in [1.29, 1.82) is 0 Å². The fourth-order valence-corrected chi connectivity index (χ4v) is 3.16. The molecule has 0 N–H and O–H groups in total. The largest absolute Gasteiger partial charge is 0.492 e. The van der Waals surface area contributed by atoms with Crippen LogP contribution in [0.15, 0.2) is 63.9 Å². The zero-order valence-electron chi connectivity index (χ0n) is 11.2. The van der Waals surface area contributed by atoms with Crippen LogP contribution >= 0.6 is 0 Å². The molecule has 0 fully saturated rings. The normalized spacial score (nSPS) is 15.5. The Bertz CT molecular complexity index is 757. The molecule has 0 aliphatic carbocycles. The highest BCUT2D eigenvalue weighted by Gasteiger charge is 2.24. The zero-order chi connectivity index (χ0) is 14.7. The van der Waals surface area contributed by atoms with Crippen LogP contribution in [-0.4, -0.2) is 27.9 Å². The summed E-state index contributed by atoms with van der Waals surface area (Å²) in [6.45, 7) is 0.954. The molecule has 0 unspecified atom stereocenters. The molecule has 1 aliphatic rings. The first-order valence-electron chi connectivity index (χ1n) is 6.51. The Kier molecular flexibility index (Phi) is 3.62. The van der Waals surface area contributed by atoms with Crippen molar-refractivity contribution in [3.63, 3.8) is 0 Å². The lowest BCUT2D eigenvalue weighted by molar-refractivity contribution is 0.328. The quantitative estimate of drug-likeness (QED) is 0.869. The van der Waals surface area contributed by atoms with Crippen LogP contribution in [0.25, 0.3) is 0 Å².